The Labute approximate surface area is 231 Å². The van der Waals surface area contributed by atoms with Crippen molar-refractivity contribution in [2.45, 2.75) is 13.5 Å². The first kappa shape index (κ1) is 24.0. The van der Waals surface area contributed by atoms with Crippen LogP contribution in [-0.4, -0.2) is 27.9 Å². The molecule has 1 atom stereocenters. The van der Waals surface area contributed by atoms with Crippen LogP contribution in [0.2, 0.25) is 0 Å². The van der Waals surface area contributed by atoms with Gasteiger partial charge in [-0.25, -0.2) is 0 Å². The standard InChI is InChI=1S/C29H21AsN4O3S/c1-17-13-21(37-20-7-4-5-18(14-20)16-36-24-8-3-2-6-19(24)15-31)9-10-22(17)34-23-11-12-32-28-25(23)26(27(30)38-28)33-29(34)35/h2-14H,16,30H2,1H3,(H,33,35). The monoisotopic (exact) mass is 580 g/mol. The summed E-state index contributed by atoms with van der Waals surface area (Å²) in [6, 6.07) is 24.3. The molecular weight excluding hydrogens is 559 g/mol. The summed E-state index contributed by atoms with van der Waals surface area (Å²) in [6.45, 7) is 2.27. The molecule has 186 valence electrons. The van der Waals surface area contributed by atoms with Gasteiger partial charge in [0.05, 0.1) is 5.56 Å². The number of carbonyl (C=O) groups is 1. The Morgan fingerprint density at radius 2 is 1.89 bits per heavy atom. The normalized spacial score (nSPS) is 12.2. The van der Waals surface area contributed by atoms with Gasteiger partial charge in [-0.3, -0.25) is 0 Å². The van der Waals surface area contributed by atoms with E-state index in [2.05, 4.69) is 16.4 Å². The zero-order valence-electron chi connectivity index (χ0n) is 20.3. The summed E-state index contributed by atoms with van der Waals surface area (Å²) in [6.07, 6.45) is 1.75. The third-order valence-corrected chi connectivity index (χ3v) is 8.49. The number of carbonyl (C=O) groups excluding carboxylic acids is 1. The molecule has 3 aromatic carbocycles. The summed E-state index contributed by atoms with van der Waals surface area (Å²) >= 11 is 3.08. The van der Waals surface area contributed by atoms with Crippen molar-refractivity contribution in [3.8, 4) is 23.3 Å². The fourth-order valence-electron chi connectivity index (χ4n) is 4.47. The van der Waals surface area contributed by atoms with Gasteiger partial charge in [-0.05, 0) is 17.7 Å². The number of nitrogens with zero attached hydrogens (tertiary/aromatic N) is 3. The predicted octanol–water partition coefficient (Wildman–Crippen LogP) is 5.79. The van der Waals surface area contributed by atoms with E-state index in [0.717, 1.165) is 42.1 Å². The van der Waals surface area contributed by atoms with Crippen LogP contribution < -0.4 is 23.4 Å². The molecule has 0 saturated carbocycles. The van der Waals surface area contributed by atoms with Crippen LogP contribution in [0.3, 0.4) is 0 Å². The van der Waals surface area contributed by atoms with Crippen LogP contribution in [0.15, 0.2) is 79.0 Å². The average molecular weight is 581 g/mol. The van der Waals surface area contributed by atoms with Gasteiger partial charge in [0.2, 0.25) is 0 Å². The number of ether oxygens (including phenoxy) is 2. The SMILES string of the molecule is Cc1cc(Oc2cccc(COc3ccccc3C#N)c2)ccc1N1C(=O)Nc2c([AsH2])sc3nccc1c23. The van der Waals surface area contributed by atoms with Crippen molar-refractivity contribution < 1.29 is 14.3 Å². The van der Waals surface area contributed by atoms with E-state index in [-0.39, 0.29) is 6.03 Å². The van der Waals surface area contributed by atoms with Crippen molar-refractivity contribution in [3.05, 3.63) is 95.7 Å². The van der Waals surface area contributed by atoms with E-state index in [1.165, 1.54) is 16.9 Å². The molecule has 1 aliphatic rings. The van der Waals surface area contributed by atoms with Gasteiger partial charge in [0.15, 0.2) is 0 Å². The molecule has 1 unspecified atom stereocenters. The van der Waals surface area contributed by atoms with Crippen molar-refractivity contribution >= 4 is 65.2 Å². The minimum absolute atomic E-state index is 0.190. The number of hydrogen-bond donors (Lipinski definition) is 1. The van der Waals surface area contributed by atoms with Gasteiger partial charge in [-0.15, -0.1) is 0 Å². The third-order valence-electron chi connectivity index (χ3n) is 6.22. The third kappa shape index (κ3) is 4.36. The number of hydrogen-bond acceptors (Lipinski definition) is 6. The Balaban J connectivity index is 1.23. The number of rotatable bonds is 6. The van der Waals surface area contributed by atoms with Crippen LogP contribution in [0, 0.1) is 18.3 Å². The second-order valence-electron chi connectivity index (χ2n) is 8.71. The molecule has 0 fully saturated rings. The molecular formula is C29H21AsN4O3S. The van der Waals surface area contributed by atoms with Crippen LogP contribution in [0.1, 0.15) is 16.7 Å². The molecule has 0 aliphatic carbocycles. The molecule has 38 heavy (non-hydrogen) atoms. The van der Waals surface area contributed by atoms with Gasteiger partial charge in [0.1, 0.15) is 18.4 Å². The fraction of sp³-hybridized carbons (Fsp3) is 0.0690. The number of amides is 2. The number of urea groups is 1. The maximum absolute atomic E-state index is 13.2. The van der Waals surface area contributed by atoms with Crippen LogP contribution in [0.4, 0.5) is 21.9 Å². The fourth-order valence-corrected chi connectivity index (χ4v) is 6.51. The zero-order chi connectivity index (χ0) is 26.2. The topological polar surface area (TPSA) is 87.5 Å². The Morgan fingerprint density at radius 1 is 1.05 bits per heavy atom. The van der Waals surface area contributed by atoms with E-state index >= 15 is 0 Å². The van der Waals surface area contributed by atoms with Crippen LogP contribution in [0.5, 0.6) is 17.2 Å². The van der Waals surface area contributed by atoms with Gasteiger partial charge in [0.25, 0.3) is 0 Å². The molecule has 0 radical (unpaired) electrons. The van der Waals surface area contributed by atoms with Crippen molar-refractivity contribution in [3.63, 3.8) is 0 Å². The summed E-state index contributed by atoms with van der Waals surface area (Å²) in [5, 5.41) is 13.3. The number of para-hydroxylation sites is 1. The van der Waals surface area contributed by atoms with Gasteiger partial charge in [-0.1, -0.05) is 24.3 Å². The Morgan fingerprint density at radius 3 is 2.74 bits per heavy atom. The first-order chi connectivity index (χ1) is 18.5. The van der Waals surface area contributed by atoms with Gasteiger partial charge < -0.3 is 4.74 Å². The van der Waals surface area contributed by atoms with Crippen molar-refractivity contribution in [1.29, 1.82) is 5.26 Å². The molecule has 7 nitrogen and oxygen atoms in total. The molecule has 0 bridgehead atoms. The van der Waals surface area contributed by atoms with Gasteiger partial charge in [0, 0.05) is 0 Å². The van der Waals surface area contributed by atoms with Gasteiger partial charge in [-0.2, -0.15) is 5.26 Å². The van der Waals surface area contributed by atoms with E-state index < -0.39 is 0 Å². The Bertz CT molecular complexity index is 1760. The molecule has 1 aliphatic heterocycles. The molecule has 2 aromatic heterocycles. The molecule has 3 heterocycles. The second kappa shape index (κ2) is 9.86. The van der Waals surface area contributed by atoms with Crippen LogP contribution in [-0.2, 0) is 6.61 Å². The number of aryl methyl sites for hydroxylation is 1. The second-order valence-corrected chi connectivity index (χ2v) is 11.8. The van der Waals surface area contributed by atoms with Gasteiger partial charge >= 0.3 is 156 Å². The number of nitriles is 1. The van der Waals surface area contributed by atoms with E-state index in [4.69, 9.17) is 9.47 Å². The molecule has 1 N–H and O–H groups in total. The predicted molar refractivity (Wildman–Crippen MR) is 152 cm³/mol. The molecule has 0 spiro atoms. The summed E-state index contributed by atoms with van der Waals surface area (Å²) in [7, 11) is 0. The number of pyridine rings is 1. The summed E-state index contributed by atoms with van der Waals surface area (Å²) in [4.78, 5) is 20.3. The van der Waals surface area contributed by atoms with E-state index in [1.54, 1.807) is 34.6 Å². The number of anilines is 3. The minimum atomic E-state index is -0.190. The Hall–Kier alpha value is -4.31. The number of nitrogens with one attached hydrogen (secondary N) is 1. The summed E-state index contributed by atoms with van der Waals surface area (Å²) < 4.78 is 13.1. The number of thiophene rings is 1. The molecule has 2 amide bonds. The molecule has 0 saturated heterocycles. The quantitative estimate of drug-likeness (QED) is 0.257. The first-order valence-electron chi connectivity index (χ1n) is 11.8. The summed E-state index contributed by atoms with van der Waals surface area (Å²) in [5.41, 5.74) is 4.79. The van der Waals surface area contributed by atoms with E-state index in [9.17, 15) is 10.1 Å². The zero-order valence-corrected chi connectivity index (χ0v) is 23.5. The average Bonchev–Trinajstić information content (AvgIpc) is 3.24. The van der Waals surface area contributed by atoms with Crippen molar-refractivity contribution in [2.75, 3.05) is 10.2 Å². The molecule has 9 heteroatoms. The van der Waals surface area contributed by atoms with Crippen molar-refractivity contribution in [2.24, 2.45) is 0 Å². The maximum atomic E-state index is 13.2. The first-order valence-corrected chi connectivity index (χ1v) is 13.8. The number of benzene rings is 3. The number of aromatic nitrogens is 1. The molecule has 6 rings (SSSR count). The molecule has 5 aromatic rings. The van der Waals surface area contributed by atoms with E-state index in [0.29, 0.717) is 29.4 Å². The van der Waals surface area contributed by atoms with Crippen molar-refractivity contribution in [1.82, 2.24) is 4.98 Å². The van der Waals surface area contributed by atoms with Crippen LogP contribution in [0.25, 0.3) is 10.2 Å². The van der Waals surface area contributed by atoms with Crippen LogP contribution >= 0.6 is 11.3 Å². The van der Waals surface area contributed by atoms with E-state index in [1.807, 2.05) is 67.6 Å². The summed E-state index contributed by atoms with van der Waals surface area (Å²) in [5.74, 6) is 1.87. The Kier molecular flexibility index (Phi) is 6.24.